The van der Waals surface area contributed by atoms with Gasteiger partial charge in [-0.05, 0) is 29.8 Å². The molecule has 4 aromatic carbocycles. The third-order valence-electron chi connectivity index (χ3n) is 5.91. The maximum absolute atomic E-state index is 13.9. The van der Waals surface area contributed by atoms with Crippen molar-refractivity contribution in [2.24, 2.45) is 4.99 Å². The average molecular weight is 447 g/mol. The minimum Gasteiger partial charge on any atom is -0.298 e. The molecule has 0 radical (unpaired) electrons. The van der Waals surface area contributed by atoms with Crippen molar-refractivity contribution in [1.29, 1.82) is 0 Å². The van der Waals surface area contributed by atoms with Crippen LogP contribution >= 0.6 is 0 Å². The topological polar surface area (TPSA) is 75.8 Å². The van der Waals surface area contributed by atoms with E-state index in [4.69, 9.17) is 4.99 Å². The molecule has 4 aromatic rings. The molecule has 1 unspecified atom stereocenters. The van der Waals surface area contributed by atoms with Crippen molar-refractivity contribution in [2.45, 2.75) is 12.5 Å². The lowest BCUT2D eigenvalue weighted by molar-refractivity contribution is -0.384. The van der Waals surface area contributed by atoms with Gasteiger partial charge in [0.2, 0.25) is 0 Å². The second-order valence-electron chi connectivity index (χ2n) is 8.03. The second kappa shape index (κ2) is 9.11. The molecule has 0 saturated heterocycles. The van der Waals surface area contributed by atoms with Gasteiger partial charge < -0.3 is 0 Å². The van der Waals surface area contributed by atoms with Gasteiger partial charge >= 0.3 is 0 Å². The van der Waals surface area contributed by atoms with Gasteiger partial charge in [-0.1, -0.05) is 72.8 Å². The molecule has 0 spiro atoms. The third-order valence-corrected chi connectivity index (χ3v) is 5.91. The Bertz CT molecular complexity index is 1380. The van der Waals surface area contributed by atoms with Crippen molar-refractivity contribution in [2.75, 3.05) is 4.90 Å². The molecule has 0 aromatic heterocycles. The van der Waals surface area contributed by atoms with Crippen LogP contribution in [0.2, 0.25) is 0 Å². The quantitative estimate of drug-likeness (QED) is 0.264. The predicted molar refractivity (Wildman–Crippen MR) is 133 cm³/mol. The first-order valence-corrected chi connectivity index (χ1v) is 11.0. The summed E-state index contributed by atoms with van der Waals surface area (Å²) in [5, 5.41) is 11.4. The number of nitro groups is 1. The fourth-order valence-corrected chi connectivity index (χ4v) is 4.29. The van der Waals surface area contributed by atoms with E-state index < -0.39 is 4.92 Å². The smallest absolute Gasteiger partial charge is 0.270 e. The monoisotopic (exact) mass is 447 g/mol. The van der Waals surface area contributed by atoms with E-state index in [-0.39, 0.29) is 17.6 Å². The number of hydrogen-bond donors (Lipinski definition) is 0. The minimum atomic E-state index is -0.408. The third kappa shape index (κ3) is 4.09. The van der Waals surface area contributed by atoms with E-state index in [1.807, 2.05) is 78.9 Å². The Morgan fingerprint density at radius 3 is 2.26 bits per heavy atom. The van der Waals surface area contributed by atoms with Gasteiger partial charge in [-0.2, -0.15) is 0 Å². The number of aliphatic imine (C=N–C) groups is 1. The number of non-ortho nitro benzene ring substituents is 1. The molecule has 0 aliphatic carbocycles. The second-order valence-corrected chi connectivity index (χ2v) is 8.03. The molecule has 6 heteroatoms. The number of rotatable bonds is 4. The standard InChI is InChI=1S/C28H21N3O3/c32-28(21-12-5-2-6-13-21)30-26-17-8-7-16-24(26)29-25(19-27(30)20-10-3-1-4-11-20)22-14-9-15-23(18-22)31(33)34/h1-18,27H,19H2. The summed E-state index contributed by atoms with van der Waals surface area (Å²) in [4.78, 5) is 31.6. The van der Waals surface area contributed by atoms with Crippen LogP contribution in [0.4, 0.5) is 17.1 Å². The summed E-state index contributed by atoms with van der Waals surface area (Å²) in [7, 11) is 0. The van der Waals surface area contributed by atoms with Gasteiger partial charge in [-0.3, -0.25) is 24.8 Å². The molecule has 0 N–H and O–H groups in total. The molecule has 6 nitrogen and oxygen atoms in total. The highest BCUT2D eigenvalue weighted by atomic mass is 16.6. The van der Waals surface area contributed by atoms with Crippen molar-refractivity contribution in [3.8, 4) is 0 Å². The van der Waals surface area contributed by atoms with E-state index in [1.54, 1.807) is 23.1 Å². The summed E-state index contributed by atoms with van der Waals surface area (Å²) < 4.78 is 0. The normalized spacial score (nSPS) is 15.1. The Labute approximate surface area is 197 Å². The average Bonchev–Trinajstić information content (AvgIpc) is 3.07. The Hall–Kier alpha value is -4.58. The van der Waals surface area contributed by atoms with E-state index >= 15 is 0 Å². The first-order chi connectivity index (χ1) is 16.6. The fraction of sp³-hybridized carbons (Fsp3) is 0.0714. The molecule has 1 aliphatic heterocycles. The van der Waals surface area contributed by atoms with Gasteiger partial charge in [0.05, 0.1) is 28.1 Å². The zero-order valence-electron chi connectivity index (χ0n) is 18.2. The lowest BCUT2D eigenvalue weighted by Crippen LogP contribution is -2.35. The Balaban J connectivity index is 1.70. The summed E-state index contributed by atoms with van der Waals surface area (Å²) >= 11 is 0. The lowest BCUT2D eigenvalue weighted by atomic mass is 9.95. The first kappa shape index (κ1) is 21.3. The van der Waals surface area contributed by atoms with Crippen molar-refractivity contribution < 1.29 is 9.72 Å². The largest absolute Gasteiger partial charge is 0.298 e. The molecule has 166 valence electrons. The number of nitrogens with zero attached hydrogens (tertiary/aromatic N) is 3. The Morgan fingerprint density at radius 2 is 1.53 bits per heavy atom. The first-order valence-electron chi connectivity index (χ1n) is 11.0. The van der Waals surface area contributed by atoms with E-state index in [1.165, 1.54) is 12.1 Å². The van der Waals surface area contributed by atoms with Crippen LogP contribution in [-0.4, -0.2) is 16.5 Å². The zero-order valence-corrected chi connectivity index (χ0v) is 18.2. The summed E-state index contributed by atoms with van der Waals surface area (Å²) in [6, 6.07) is 32.7. The number of anilines is 1. The van der Waals surface area contributed by atoms with Crippen LogP contribution in [0, 0.1) is 10.1 Å². The van der Waals surface area contributed by atoms with E-state index in [2.05, 4.69) is 0 Å². The van der Waals surface area contributed by atoms with Crippen LogP contribution in [-0.2, 0) is 0 Å². The van der Waals surface area contributed by atoms with Gasteiger partial charge in [0.1, 0.15) is 0 Å². The maximum atomic E-state index is 13.9. The molecule has 1 atom stereocenters. The summed E-state index contributed by atoms with van der Waals surface area (Å²) in [5.74, 6) is -0.127. The summed E-state index contributed by atoms with van der Waals surface area (Å²) in [6.45, 7) is 0. The van der Waals surface area contributed by atoms with Crippen molar-refractivity contribution in [1.82, 2.24) is 0 Å². The molecule has 1 amide bonds. The predicted octanol–water partition coefficient (Wildman–Crippen LogP) is 6.51. The van der Waals surface area contributed by atoms with Crippen LogP contribution in [0.5, 0.6) is 0 Å². The van der Waals surface area contributed by atoms with Crippen LogP contribution in [0.1, 0.15) is 33.9 Å². The van der Waals surface area contributed by atoms with Crippen molar-refractivity contribution >= 4 is 28.7 Å². The highest BCUT2D eigenvalue weighted by molar-refractivity contribution is 6.11. The summed E-state index contributed by atoms with van der Waals surface area (Å²) in [5.41, 5.74) is 4.24. The number of carbonyl (C=O) groups is 1. The van der Waals surface area contributed by atoms with E-state index in [0.29, 0.717) is 34.6 Å². The minimum absolute atomic E-state index is 0.00575. The fourth-order valence-electron chi connectivity index (χ4n) is 4.29. The number of para-hydroxylation sites is 2. The molecule has 5 rings (SSSR count). The molecule has 0 saturated carbocycles. The Kier molecular flexibility index (Phi) is 5.70. The SMILES string of the molecule is O=C(c1ccccc1)N1c2ccccc2N=C(c2cccc([N+](=O)[O-])c2)CC1c1ccccc1. The highest BCUT2D eigenvalue weighted by Gasteiger charge is 2.33. The van der Waals surface area contributed by atoms with Gasteiger partial charge in [-0.25, -0.2) is 0 Å². The maximum Gasteiger partial charge on any atom is 0.270 e. The van der Waals surface area contributed by atoms with Crippen LogP contribution in [0.15, 0.2) is 114 Å². The number of amides is 1. The van der Waals surface area contributed by atoms with Gasteiger partial charge in [0.15, 0.2) is 0 Å². The van der Waals surface area contributed by atoms with Crippen LogP contribution in [0.25, 0.3) is 0 Å². The summed E-state index contributed by atoms with van der Waals surface area (Å²) in [6.07, 6.45) is 0.401. The van der Waals surface area contributed by atoms with Crippen LogP contribution < -0.4 is 4.90 Å². The van der Waals surface area contributed by atoms with Crippen LogP contribution in [0.3, 0.4) is 0 Å². The van der Waals surface area contributed by atoms with Crippen molar-refractivity contribution in [3.05, 3.63) is 136 Å². The lowest BCUT2D eigenvalue weighted by Gasteiger charge is -2.31. The van der Waals surface area contributed by atoms with E-state index in [9.17, 15) is 14.9 Å². The molecule has 1 aliphatic rings. The number of fused-ring (bicyclic) bond motifs is 1. The zero-order chi connectivity index (χ0) is 23.5. The molecule has 1 heterocycles. The Morgan fingerprint density at radius 1 is 0.853 bits per heavy atom. The number of carbonyl (C=O) groups excluding carboxylic acids is 1. The van der Waals surface area contributed by atoms with E-state index in [0.717, 1.165) is 5.56 Å². The van der Waals surface area contributed by atoms with Crippen molar-refractivity contribution in [3.63, 3.8) is 0 Å². The molecule has 34 heavy (non-hydrogen) atoms. The molecule has 0 bridgehead atoms. The molecule has 0 fully saturated rings. The molecular weight excluding hydrogens is 426 g/mol. The highest BCUT2D eigenvalue weighted by Crippen LogP contribution is 2.41. The number of nitro benzene ring substituents is 1. The van der Waals surface area contributed by atoms with Gasteiger partial charge in [-0.15, -0.1) is 0 Å². The van der Waals surface area contributed by atoms with Gasteiger partial charge in [0, 0.05) is 29.7 Å². The van der Waals surface area contributed by atoms with Gasteiger partial charge in [0.25, 0.3) is 11.6 Å². The number of benzene rings is 4. The molecular formula is C28H21N3O3. The number of hydrogen-bond acceptors (Lipinski definition) is 4.